The van der Waals surface area contributed by atoms with Gasteiger partial charge in [-0.2, -0.15) is 0 Å². The summed E-state index contributed by atoms with van der Waals surface area (Å²) in [5, 5.41) is 3.41. The van der Waals surface area contributed by atoms with E-state index < -0.39 is 0 Å². The summed E-state index contributed by atoms with van der Waals surface area (Å²) < 4.78 is 10.5. The lowest BCUT2D eigenvalue weighted by molar-refractivity contribution is 0.0653. The summed E-state index contributed by atoms with van der Waals surface area (Å²) in [4.78, 5) is 0. The molecule has 0 aromatic heterocycles. The fourth-order valence-corrected chi connectivity index (χ4v) is 2.77. The number of nitrogens with one attached hydrogen (secondary N) is 1. The van der Waals surface area contributed by atoms with Crippen LogP contribution in [0.15, 0.2) is 24.3 Å². The molecule has 3 nitrogen and oxygen atoms in total. The minimum Gasteiger partial charge on any atom is -0.382 e. The van der Waals surface area contributed by atoms with Gasteiger partial charge in [-0.3, -0.25) is 0 Å². The summed E-state index contributed by atoms with van der Waals surface area (Å²) in [5.74, 6) is 0.729. The lowest BCUT2D eigenvalue weighted by Gasteiger charge is -2.33. The van der Waals surface area contributed by atoms with Gasteiger partial charge in [0.15, 0.2) is 0 Å². The topological polar surface area (TPSA) is 30.5 Å². The van der Waals surface area contributed by atoms with Gasteiger partial charge in [-0.1, -0.05) is 24.3 Å². The summed E-state index contributed by atoms with van der Waals surface area (Å²) in [6, 6.07) is 9.34. The van der Waals surface area contributed by atoms with Gasteiger partial charge in [0.2, 0.25) is 0 Å². The van der Waals surface area contributed by atoms with Crippen LogP contribution in [0.3, 0.4) is 0 Å². The van der Waals surface area contributed by atoms with Crippen LogP contribution in [-0.2, 0) is 15.9 Å². The lowest BCUT2D eigenvalue weighted by atomic mass is 9.74. The van der Waals surface area contributed by atoms with E-state index in [0.29, 0.717) is 19.3 Å². The van der Waals surface area contributed by atoms with E-state index in [9.17, 15) is 0 Å². The second kappa shape index (κ2) is 7.63. The average molecular weight is 263 g/mol. The highest BCUT2D eigenvalue weighted by Gasteiger charge is 2.27. The van der Waals surface area contributed by atoms with E-state index in [0.717, 1.165) is 18.9 Å². The van der Waals surface area contributed by atoms with E-state index in [-0.39, 0.29) is 0 Å². The van der Waals surface area contributed by atoms with E-state index in [1.54, 1.807) is 12.7 Å². The third-order valence-electron chi connectivity index (χ3n) is 3.98. The van der Waals surface area contributed by atoms with Gasteiger partial charge < -0.3 is 14.8 Å². The van der Waals surface area contributed by atoms with Crippen molar-refractivity contribution in [3.63, 3.8) is 0 Å². The minimum absolute atomic E-state index is 0.543. The highest BCUT2D eigenvalue weighted by molar-refractivity contribution is 5.39. The molecule has 0 saturated carbocycles. The quantitative estimate of drug-likeness (QED) is 0.694. The Hall–Kier alpha value is -0.900. The monoisotopic (exact) mass is 263 g/mol. The first kappa shape index (κ1) is 14.5. The number of fused-ring (bicyclic) bond motifs is 1. The molecule has 0 fully saturated rings. The van der Waals surface area contributed by atoms with Crippen molar-refractivity contribution in [2.45, 2.75) is 31.2 Å². The van der Waals surface area contributed by atoms with Crippen LogP contribution in [-0.4, -0.2) is 40.0 Å². The number of hydrogen-bond donors (Lipinski definition) is 1. The molecule has 1 aliphatic rings. The predicted octanol–water partition coefficient (Wildman–Crippen LogP) is 2.36. The second-order valence-corrected chi connectivity index (χ2v) is 5.22. The van der Waals surface area contributed by atoms with Crippen LogP contribution in [0, 0.1) is 0 Å². The van der Waals surface area contributed by atoms with Gasteiger partial charge in [0.05, 0.1) is 13.2 Å². The average Bonchev–Trinajstić information content (AvgIpc) is 2.42. The van der Waals surface area contributed by atoms with Crippen molar-refractivity contribution < 1.29 is 9.47 Å². The van der Waals surface area contributed by atoms with Crippen LogP contribution in [0.25, 0.3) is 0 Å². The molecule has 0 heterocycles. The molecule has 0 bridgehead atoms. The molecule has 1 aromatic rings. The van der Waals surface area contributed by atoms with Crippen molar-refractivity contribution in [1.82, 2.24) is 5.32 Å². The van der Waals surface area contributed by atoms with Gasteiger partial charge in [0.25, 0.3) is 0 Å². The molecule has 0 saturated heterocycles. The van der Waals surface area contributed by atoms with Gasteiger partial charge >= 0.3 is 0 Å². The largest absolute Gasteiger partial charge is 0.382 e. The summed E-state index contributed by atoms with van der Waals surface area (Å²) in [7, 11) is 3.75. The Labute approximate surface area is 116 Å². The van der Waals surface area contributed by atoms with E-state index >= 15 is 0 Å². The van der Waals surface area contributed by atoms with Crippen LogP contribution >= 0.6 is 0 Å². The number of ether oxygens (including phenoxy) is 2. The summed E-state index contributed by atoms with van der Waals surface area (Å²) in [5.41, 5.74) is 3.07. The molecule has 1 N–H and O–H groups in total. The Kier molecular flexibility index (Phi) is 5.83. The van der Waals surface area contributed by atoms with Crippen LogP contribution in [0.1, 0.15) is 29.9 Å². The molecule has 0 amide bonds. The normalized spacial score (nSPS) is 18.7. The number of benzene rings is 1. The van der Waals surface area contributed by atoms with E-state index in [1.807, 2.05) is 7.05 Å². The zero-order chi connectivity index (χ0) is 13.5. The Morgan fingerprint density at radius 2 is 2.11 bits per heavy atom. The highest BCUT2D eigenvalue weighted by atomic mass is 16.5. The Balaban J connectivity index is 1.69. The first-order chi connectivity index (χ1) is 9.35. The zero-order valence-electron chi connectivity index (χ0n) is 12.0. The molecule has 19 heavy (non-hydrogen) atoms. The first-order valence-corrected chi connectivity index (χ1v) is 7.17. The SMILES string of the molecule is CNC(CCOCCOC)CC1Cc2ccccc21. The zero-order valence-corrected chi connectivity index (χ0v) is 12.0. The Bertz CT molecular complexity index is 381. The fraction of sp³-hybridized carbons (Fsp3) is 0.625. The maximum absolute atomic E-state index is 5.54. The maximum Gasteiger partial charge on any atom is 0.0700 e. The predicted molar refractivity (Wildman–Crippen MR) is 77.7 cm³/mol. The number of hydrogen-bond acceptors (Lipinski definition) is 3. The van der Waals surface area contributed by atoms with Gasteiger partial charge in [0, 0.05) is 19.8 Å². The molecule has 1 aliphatic carbocycles. The second-order valence-electron chi connectivity index (χ2n) is 5.22. The van der Waals surface area contributed by atoms with Crippen molar-refractivity contribution in [3.05, 3.63) is 35.4 Å². The molecule has 0 spiro atoms. The molecule has 1 aromatic carbocycles. The molecule has 106 valence electrons. The highest BCUT2D eigenvalue weighted by Crippen LogP contribution is 2.38. The van der Waals surface area contributed by atoms with Crippen LogP contribution in [0.5, 0.6) is 0 Å². The summed E-state index contributed by atoms with van der Waals surface area (Å²) in [6.45, 7) is 2.18. The van der Waals surface area contributed by atoms with Crippen molar-refractivity contribution in [2.24, 2.45) is 0 Å². The Morgan fingerprint density at radius 3 is 2.84 bits per heavy atom. The van der Waals surface area contributed by atoms with Gasteiger partial charge in [-0.25, -0.2) is 0 Å². The molecular weight excluding hydrogens is 238 g/mol. The number of methoxy groups -OCH3 is 1. The fourth-order valence-electron chi connectivity index (χ4n) is 2.77. The first-order valence-electron chi connectivity index (χ1n) is 7.17. The van der Waals surface area contributed by atoms with Crippen LogP contribution in [0.4, 0.5) is 0 Å². The van der Waals surface area contributed by atoms with Gasteiger partial charge in [-0.05, 0) is 43.4 Å². The van der Waals surface area contributed by atoms with E-state index in [4.69, 9.17) is 9.47 Å². The smallest absolute Gasteiger partial charge is 0.0700 e. The third kappa shape index (κ3) is 4.03. The lowest BCUT2D eigenvalue weighted by Crippen LogP contribution is -2.32. The molecular formula is C16H25NO2. The van der Waals surface area contributed by atoms with Gasteiger partial charge in [0.1, 0.15) is 0 Å². The van der Waals surface area contributed by atoms with Crippen molar-refractivity contribution in [2.75, 3.05) is 34.0 Å². The third-order valence-corrected chi connectivity index (χ3v) is 3.98. The standard InChI is InChI=1S/C16H25NO2/c1-17-15(7-8-19-10-9-18-2)12-14-11-13-5-3-4-6-16(13)14/h3-6,14-15,17H,7-12H2,1-2H3. The minimum atomic E-state index is 0.543. The van der Waals surface area contributed by atoms with Crippen LogP contribution < -0.4 is 5.32 Å². The van der Waals surface area contributed by atoms with E-state index in [1.165, 1.54) is 18.4 Å². The van der Waals surface area contributed by atoms with Crippen LogP contribution in [0.2, 0.25) is 0 Å². The van der Waals surface area contributed by atoms with Gasteiger partial charge in [-0.15, -0.1) is 0 Å². The maximum atomic E-state index is 5.54. The molecule has 2 unspecified atom stereocenters. The van der Waals surface area contributed by atoms with E-state index in [2.05, 4.69) is 29.6 Å². The Morgan fingerprint density at radius 1 is 1.26 bits per heavy atom. The summed E-state index contributed by atoms with van der Waals surface area (Å²) in [6.07, 6.45) is 3.51. The molecule has 0 radical (unpaired) electrons. The van der Waals surface area contributed by atoms with Crippen molar-refractivity contribution >= 4 is 0 Å². The molecule has 2 rings (SSSR count). The van der Waals surface area contributed by atoms with Crippen molar-refractivity contribution in [1.29, 1.82) is 0 Å². The molecule has 2 atom stereocenters. The summed E-state index contributed by atoms with van der Waals surface area (Å²) >= 11 is 0. The molecule has 3 heteroatoms. The molecule has 0 aliphatic heterocycles. The van der Waals surface area contributed by atoms with Crippen molar-refractivity contribution in [3.8, 4) is 0 Å². The number of rotatable bonds is 9.